The monoisotopic (exact) mass is 245 g/mol. The topological polar surface area (TPSA) is 38.3 Å². The highest BCUT2D eigenvalue weighted by atomic mass is 32.1. The number of amides is 1. The minimum Gasteiger partial charge on any atom is -0.481 e. The van der Waals surface area contributed by atoms with Crippen LogP contribution in [0.3, 0.4) is 0 Å². The van der Waals surface area contributed by atoms with Crippen molar-refractivity contribution in [3.63, 3.8) is 0 Å². The molecule has 1 aliphatic heterocycles. The number of benzene rings is 1. The molecule has 0 atom stereocenters. The van der Waals surface area contributed by atoms with Gasteiger partial charge in [-0.3, -0.25) is 4.79 Å². The van der Waals surface area contributed by atoms with Crippen LogP contribution >= 0.6 is 11.3 Å². The number of aryl methyl sites for hydroxylation is 1. The van der Waals surface area contributed by atoms with E-state index in [1.54, 1.807) is 11.3 Å². The van der Waals surface area contributed by atoms with Gasteiger partial charge < -0.3 is 10.1 Å². The van der Waals surface area contributed by atoms with Gasteiger partial charge in [0.2, 0.25) is 0 Å². The van der Waals surface area contributed by atoms with E-state index in [1.807, 2.05) is 18.4 Å². The van der Waals surface area contributed by atoms with E-state index in [0.29, 0.717) is 0 Å². The largest absolute Gasteiger partial charge is 0.481 e. The Morgan fingerprint density at radius 3 is 3.00 bits per heavy atom. The summed E-state index contributed by atoms with van der Waals surface area (Å²) in [4.78, 5) is 11.3. The van der Waals surface area contributed by atoms with E-state index in [2.05, 4.69) is 22.8 Å². The molecule has 2 heterocycles. The SMILES string of the molecule is Cc1cc(-c2ccsc2)cc2c1OCC(=O)N2. The molecule has 1 aromatic carbocycles. The normalized spacial score (nSPS) is 13.8. The summed E-state index contributed by atoms with van der Waals surface area (Å²) in [6, 6.07) is 6.11. The minimum absolute atomic E-state index is 0.0978. The second-order valence-electron chi connectivity index (χ2n) is 4.02. The standard InChI is InChI=1S/C13H11NO2S/c1-8-4-10(9-2-3-17-7-9)5-11-13(8)16-6-12(15)14-11/h2-5,7H,6H2,1H3,(H,14,15). The molecule has 3 nitrogen and oxygen atoms in total. The van der Waals surface area contributed by atoms with Gasteiger partial charge in [-0.05, 0) is 52.6 Å². The van der Waals surface area contributed by atoms with Crippen molar-refractivity contribution in [2.75, 3.05) is 11.9 Å². The molecule has 0 aliphatic carbocycles. The quantitative estimate of drug-likeness (QED) is 0.838. The van der Waals surface area contributed by atoms with Crippen molar-refractivity contribution in [2.24, 2.45) is 0 Å². The van der Waals surface area contributed by atoms with Crippen molar-refractivity contribution < 1.29 is 9.53 Å². The van der Waals surface area contributed by atoms with Gasteiger partial charge in [0, 0.05) is 0 Å². The number of carbonyl (C=O) groups excluding carboxylic acids is 1. The molecule has 0 saturated heterocycles. The first-order chi connectivity index (χ1) is 8.24. The van der Waals surface area contributed by atoms with Crippen molar-refractivity contribution in [1.29, 1.82) is 0 Å². The molecule has 3 rings (SSSR count). The first-order valence-electron chi connectivity index (χ1n) is 5.34. The molecule has 1 N–H and O–H groups in total. The van der Waals surface area contributed by atoms with E-state index >= 15 is 0 Å². The van der Waals surface area contributed by atoms with Gasteiger partial charge in [0.25, 0.3) is 5.91 Å². The fourth-order valence-electron chi connectivity index (χ4n) is 1.98. The Hall–Kier alpha value is -1.81. The van der Waals surface area contributed by atoms with Gasteiger partial charge >= 0.3 is 0 Å². The number of rotatable bonds is 1. The van der Waals surface area contributed by atoms with Crippen molar-refractivity contribution in [2.45, 2.75) is 6.92 Å². The van der Waals surface area contributed by atoms with Gasteiger partial charge in [-0.15, -0.1) is 0 Å². The Kier molecular flexibility index (Phi) is 2.37. The molecule has 2 aromatic rings. The number of fused-ring (bicyclic) bond motifs is 1. The van der Waals surface area contributed by atoms with Crippen LogP contribution in [-0.2, 0) is 4.79 Å². The highest BCUT2D eigenvalue weighted by Crippen LogP contribution is 2.36. The van der Waals surface area contributed by atoms with Crippen LogP contribution in [0.15, 0.2) is 29.0 Å². The molecular weight excluding hydrogens is 234 g/mol. The maximum Gasteiger partial charge on any atom is 0.262 e. The third kappa shape index (κ3) is 1.80. The average Bonchev–Trinajstić information content (AvgIpc) is 2.81. The van der Waals surface area contributed by atoms with Gasteiger partial charge in [0.05, 0.1) is 5.69 Å². The van der Waals surface area contributed by atoms with Crippen molar-refractivity contribution in [3.05, 3.63) is 34.5 Å². The van der Waals surface area contributed by atoms with Crippen LogP contribution in [0, 0.1) is 6.92 Å². The number of hydrogen-bond donors (Lipinski definition) is 1. The van der Waals surface area contributed by atoms with Crippen LogP contribution in [0.25, 0.3) is 11.1 Å². The maximum atomic E-state index is 11.3. The zero-order valence-corrected chi connectivity index (χ0v) is 10.1. The van der Waals surface area contributed by atoms with Crippen LogP contribution in [0.2, 0.25) is 0 Å². The zero-order valence-electron chi connectivity index (χ0n) is 9.32. The van der Waals surface area contributed by atoms with Crippen LogP contribution in [-0.4, -0.2) is 12.5 Å². The first-order valence-corrected chi connectivity index (χ1v) is 6.28. The van der Waals surface area contributed by atoms with Crippen LogP contribution < -0.4 is 10.1 Å². The molecule has 1 aromatic heterocycles. The van der Waals surface area contributed by atoms with Gasteiger partial charge in [-0.2, -0.15) is 11.3 Å². The molecule has 0 unspecified atom stereocenters. The van der Waals surface area contributed by atoms with Crippen LogP contribution in [0.5, 0.6) is 5.75 Å². The molecule has 0 bridgehead atoms. The Bertz CT molecular complexity index is 575. The van der Waals surface area contributed by atoms with E-state index in [-0.39, 0.29) is 12.5 Å². The molecule has 86 valence electrons. The smallest absolute Gasteiger partial charge is 0.262 e. The zero-order chi connectivity index (χ0) is 11.8. The molecule has 0 saturated carbocycles. The van der Waals surface area contributed by atoms with Crippen LogP contribution in [0.1, 0.15) is 5.56 Å². The molecule has 0 fully saturated rings. The minimum atomic E-state index is -0.0978. The van der Waals surface area contributed by atoms with Crippen LogP contribution in [0.4, 0.5) is 5.69 Å². The van der Waals surface area contributed by atoms with E-state index in [1.165, 1.54) is 5.56 Å². The Morgan fingerprint density at radius 2 is 2.24 bits per heavy atom. The fraction of sp³-hybridized carbons (Fsp3) is 0.154. The Balaban J connectivity index is 2.12. The number of carbonyl (C=O) groups is 1. The number of hydrogen-bond acceptors (Lipinski definition) is 3. The molecule has 17 heavy (non-hydrogen) atoms. The molecule has 4 heteroatoms. The van der Waals surface area contributed by atoms with E-state index < -0.39 is 0 Å². The first kappa shape index (κ1) is 10.4. The summed E-state index contributed by atoms with van der Waals surface area (Å²) in [5.41, 5.74) is 4.08. The molecule has 1 amide bonds. The summed E-state index contributed by atoms with van der Waals surface area (Å²) in [6.45, 7) is 2.10. The van der Waals surface area contributed by atoms with E-state index in [4.69, 9.17) is 4.74 Å². The molecule has 1 aliphatic rings. The van der Waals surface area contributed by atoms with Crippen molar-refractivity contribution in [1.82, 2.24) is 0 Å². The molecular formula is C13H11NO2S. The van der Waals surface area contributed by atoms with E-state index in [0.717, 1.165) is 22.6 Å². The molecule has 0 radical (unpaired) electrons. The maximum absolute atomic E-state index is 11.3. The second kappa shape index (κ2) is 3.89. The fourth-order valence-corrected chi connectivity index (χ4v) is 2.64. The van der Waals surface area contributed by atoms with Crippen molar-refractivity contribution >= 4 is 22.9 Å². The van der Waals surface area contributed by atoms with Gasteiger partial charge in [-0.25, -0.2) is 0 Å². The summed E-state index contributed by atoms with van der Waals surface area (Å²) in [5, 5.41) is 6.97. The summed E-state index contributed by atoms with van der Waals surface area (Å²) >= 11 is 1.66. The third-order valence-corrected chi connectivity index (χ3v) is 3.43. The van der Waals surface area contributed by atoms with E-state index in [9.17, 15) is 4.79 Å². The highest BCUT2D eigenvalue weighted by molar-refractivity contribution is 7.08. The van der Waals surface area contributed by atoms with Gasteiger partial charge in [0.15, 0.2) is 6.61 Å². The predicted octanol–water partition coefficient (Wildman–Crippen LogP) is 3.05. The Morgan fingerprint density at radius 1 is 1.35 bits per heavy atom. The van der Waals surface area contributed by atoms with Gasteiger partial charge in [-0.1, -0.05) is 0 Å². The number of ether oxygens (including phenoxy) is 1. The lowest BCUT2D eigenvalue weighted by Crippen LogP contribution is -2.25. The number of nitrogens with one attached hydrogen (secondary N) is 1. The Labute approximate surface area is 103 Å². The number of thiophene rings is 1. The van der Waals surface area contributed by atoms with Gasteiger partial charge in [0.1, 0.15) is 5.75 Å². The summed E-state index contributed by atoms with van der Waals surface area (Å²) in [5.74, 6) is 0.683. The summed E-state index contributed by atoms with van der Waals surface area (Å²) in [7, 11) is 0. The molecule has 0 spiro atoms. The predicted molar refractivity (Wildman–Crippen MR) is 68.6 cm³/mol. The highest BCUT2D eigenvalue weighted by Gasteiger charge is 2.18. The number of anilines is 1. The lowest BCUT2D eigenvalue weighted by molar-refractivity contribution is -0.118. The lowest BCUT2D eigenvalue weighted by Gasteiger charge is -2.20. The average molecular weight is 245 g/mol. The lowest BCUT2D eigenvalue weighted by atomic mass is 10.0. The summed E-state index contributed by atoms with van der Waals surface area (Å²) < 4.78 is 5.43. The third-order valence-electron chi connectivity index (χ3n) is 2.75. The summed E-state index contributed by atoms with van der Waals surface area (Å²) in [6.07, 6.45) is 0. The van der Waals surface area contributed by atoms with Crippen molar-refractivity contribution in [3.8, 4) is 16.9 Å². The second-order valence-corrected chi connectivity index (χ2v) is 4.80.